The molecular weight excluding hydrogens is 369 g/mol. The molecule has 0 aliphatic rings. The van der Waals surface area contributed by atoms with Crippen molar-refractivity contribution in [2.75, 3.05) is 5.73 Å². The Morgan fingerprint density at radius 1 is 0.542 bits per heavy atom. The van der Waals surface area contributed by atoms with Crippen LogP contribution in [0, 0.1) is 0 Å². The molecule has 0 amide bonds. The van der Waals surface area contributed by atoms with Gasteiger partial charge < -0.3 is 5.73 Å². The second-order valence-corrected chi connectivity index (χ2v) is 5.76. The van der Waals surface area contributed by atoms with Gasteiger partial charge in [-0.3, -0.25) is 0 Å². The van der Waals surface area contributed by atoms with E-state index in [1.54, 1.807) is 0 Å². The summed E-state index contributed by atoms with van der Waals surface area (Å²) in [6.07, 6.45) is 0. The molecule has 0 spiro atoms. The molecule has 5 nitrogen and oxygen atoms in total. The molecule has 0 bridgehead atoms. The lowest BCUT2D eigenvalue weighted by Gasteiger charge is -1.98. The minimum atomic E-state index is 0.246. The van der Waals surface area contributed by atoms with Crippen molar-refractivity contribution in [1.29, 1.82) is 0 Å². The summed E-state index contributed by atoms with van der Waals surface area (Å²) in [5, 5.41) is 0.749. The summed E-state index contributed by atoms with van der Waals surface area (Å²) in [6, 6.07) is 14.9. The van der Waals surface area contributed by atoms with Crippen LogP contribution in [0.25, 0.3) is 22.1 Å². The molecule has 4 rings (SSSR count). The van der Waals surface area contributed by atoms with Crippen molar-refractivity contribution in [2.45, 2.75) is 0 Å². The SMILES string of the molecule is Clc1nc2ccccc2nc1Cl.Nc1nc2ccccc2nc1Cl. The molecule has 0 saturated carbocycles. The maximum Gasteiger partial charge on any atom is 0.171 e. The Morgan fingerprint density at radius 2 is 0.875 bits per heavy atom. The van der Waals surface area contributed by atoms with E-state index in [0.717, 1.165) is 22.1 Å². The van der Waals surface area contributed by atoms with Gasteiger partial charge in [0.05, 0.1) is 22.1 Å². The molecule has 2 N–H and O–H groups in total. The van der Waals surface area contributed by atoms with Gasteiger partial charge in [-0.05, 0) is 24.3 Å². The Hall–Kier alpha value is -2.21. The topological polar surface area (TPSA) is 77.6 Å². The third kappa shape index (κ3) is 3.64. The highest BCUT2D eigenvalue weighted by atomic mass is 35.5. The van der Waals surface area contributed by atoms with E-state index in [2.05, 4.69) is 19.9 Å². The summed E-state index contributed by atoms with van der Waals surface area (Å²) >= 11 is 17.1. The summed E-state index contributed by atoms with van der Waals surface area (Å²) in [4.78, 5) is 16.2. The molecule has 0 radical (unpaired) electrons. The molecule has 4 aromatic rings. The van der Waals surface area contributed by atoms with Crippen molar-refractivity contribution < 1.29 is 0 Å². The van der Waals surface area contributed by atoms with Crippen LogP contribution in [0.1, 0.15) is 0 Å². The predicted octanol–water partition coefficient (Wildman–Crippen LogP) is 4.80. The van der Waals surface area contributed by atoms with Gasteiger partial charge in [0.15, 0.2) is 21.3 Å². The third-order valence-corrected chi connectivity index (χ3v) is 3.94. The fourth-order valence-electron chi connectivity index (χ4n) is 1.95. The minimum absolute atomic E-state index is 0.246. The maximum atomic E-state index is 5.69. The van der Waals surface area contributed by atoms with Gasteiger partial charge in [-0.1, -0.05) is 59.1 Å². The zero-order chi connectivity index (χ0) is 17.1. The van der Waals surface area contributed by atoms with Crippen molar-refractivity contribution in [1.82, 2.24) is 19.9 Å². The lowest BCUT2D eigenvalue weighted by molar-refractivity contribution is 1.29. The monoisotopic (exact) mass is 377 g/mol. The highest BCUT2D eigenvalue weighted by Crippen LogP contribution is 2.20. The van der Waals surface area contributed by atoms with Crippen LogP contribution in [-0.4, -0.2) is 19.9 Å². The van der Waals surface area contributed by atoms with Gasteiger partial charge in [-0.2, -0.15) is 0 Å². The standard InChI is InChI=1S/C8H4Cl2N2.C8H6ClN3/c2*9-7-8(10)12-6-4-2-1-3-5(6)11-7/h1-4H;1-4H,(H2,10,12). The van der Waals surface area contributed by atoms with Crippen LogP contribution < -0.4 is 5.73 Å². The first kappa shape index (κ1) is 16.6. The molecule has 2 heterocycles. The van der Waals surface area contributed by atoms with Crippen molar-refractivity contribution in [3.05, 3.63) is 64.0 Å². The van der Waals surface area contributed by atoms with Gasteiger partial charge in [0.25, 0.3) is 0 Å². The van der Waals surface area contributed by atoms with Crippen LogP contribution >= 0.6 is 34.8 Å². The quantitative estimate of drug-likeness (QED) is 0.475. The number of fused-ring (bicyclic) bond motifs is 2. The number of nitrogens with zero attached hydrogens (tertiary/aromatic N) is 4. The van der Waals surface area contributed by atoms with Crippen LogP contribution in [-0.2, 0) is 0 Å². The van der Waals surface area contributed by atoms with Gasteiger partial charge in [-0.25, -0.2) is 19.9 Å². The molecule has 0 aliphatic heterocycles. The molecule has 120 valence electrons. The zero-order valence-corrected chi connectivity index (χ0v) is 14.4. The molecule has 0 aliphatic carbocycles. The van der Waals surface area contributed by atoms with E-state index in [1.165, 1.54) is 0 Å². The van der Waals surface area contributed by atoms with E-state index in [9.17, 15) is 0 Å². The summed E-state index contributed by atoms with van der Waals surface area (Å²) in [6.45, 7) is 0. The van der Waals surface area contributed by atoms with E-state index >= 15 is 0 Å². The first-order chi connectivity index (χ1) is 11.5. The second-order valence-electron chi connectivity index (χ2n) is 4.68. The van der Waals surface area contributed by atoms with Gasteiger partial charge in [0.1, 0.15) is 0 Å². The molecule has 24 heavy (non-hydrogen) atoms. The Labute approximate surface area is 152 Å². The molecule has 0 atom stereocenters. The Morgan fingerprint density at radius 3 is 1.29 bits per heavy atom. The smallest absolute Gasteiger partial charge is 0.171 e. The molecule has 2 aromatic heterocycles. The number of nitrogen functional groups attached to an aromatic ring is 1. The molecule has 0 unspecified atom stereocenters. The Bertz CT molecular complexity index is 859. The number of halogens is 3. The second kappa shape index (κ2) is 7.13. The van der Waals surface area contributed by atoms with Crippen molar-refractivity contribution >= 4 is 62.7 Å². The number of rotatable bonds is 0. The molecule has 0 saturated heterocycles. The normalized spacial score (nSPS) is 10.5. The van der Waals surface area contributed by atoms with Crippen LogP contribution in [0.15, 0.2) is 48.5 Å². The summed E-state index contributed by atoms with van der Waals surface area (Å²) in [5.41, 5.74) is 8.52. The van der Waals surface area contributed by atoms with Gasteiger partial charge in [0.2, 0.25) is 0 Å². The van der Waals surface area contributed by atoms with E-state index < -0.39 is 0 Å². The van der Waals surface area contributed by atoms with Crippen molar-refractivity contribution in [3.63, 3.8) is 0 Å². The van der Waals surface area contributed by atoms with Crippen LogP contribution in [0.4, 0.5) is 5.82 Å². The Balaban J connectivity index is 0.000000141. The Kier molecular flexibility index (Phi) is 4.94. The number of anilines is 1. The average Bonchev–Trinajstić information content (AvgIpc) is 2.57. The van der Waals surface area contributed by atoms with E-state index in [-0.39, 0.29) is 21.3 Å². The third-order valence-electron chi connectivity index (χ3n) is 3.04. The van der Waals surface area contributed by atoms with E-state index in [4.69, 9.17) is 40.5 Å². The van der Waals surface area contributed by atoms with E-state index in [1.807, 2.05) is 48.5 Å². The molecule has 0 fully saturated rings. The number of para-hydroxylation sites is 4. The number of nitrogens with two attached hydrogens (primary N) is 1. The van der Waals surface area contributed by atoms with Crippen molar-refractivity contribution in [3.8, 4) is 0 Å². The van der Waals surface area contributed by atoms with Crippen LogP contribution in [0.3, 0.4) is 0 Å². The average molecular weight is 379 g/mol. The first-order valence-electron chi connectivity index (χ1n) is 6.80. The largest absolute Gasteiger partial charge is 0.381 e. The number of hydrogen-bond acceptors (Lipinski definition) is 5. The minimum Gasteiger partial charge on any atom is -0.381 e. The summed E-state index contributed by atoms with van der Waals surface area (Å²) in [5.74, 6) is 0.273. The molecular formula is C16H10Cl3N5. The predicted molar refractivity (Wildman–Crippen MR) is 98.5 cm³/mol. The van der Waals surface area contributed by atoms with Crippen LogP contribution in [0.2, 0.25) is 15.5 Å². The van der Waals surface area contributed by atoms with Gasteiger partial charge >= 0.3 is 0 Å². The molecule has 8 heteroatoms. The first-order valence-corrected chi connectivity index (χ1v) is 7.93. The molecule has 2 aromatic carbocycles. The highest BCUT2D eigenvalue weighted by molar-refractivity contribution is 6.40. The van der Waals surface area contributed by atoms with Gasteiger partial charge in [0, 0.05) is 0 Å². The van der Waals surface area contributed by atoms with Crippen molar-refractivity contribution in [2.24, 2.45) is 0 Å². The fraction of sp³-hybridized carbons (Fsp3) is 0. The lowest BCUT2D eigenvalue weighted by atomic mass is 10.3. The zero-order valence-electron chi connectivity index (χ0n) is 12.1. The maximum absolute atomic E-state index is 5.69. The van der Waals surface area contributed by atoms with Crippen LogP contribution in [0.5, 0.6) is 0 Å². The summed E-state index contributed by atoms with van der Waals surface area (Å²) < 4.78 is 0. The number of aromatic nitrogens is 4. The van der Waals surface area contributed by atoms with Gasteiger partial charge in [-0.15, -0.1) is 0 Å². The number of benzene rings is 2. The lowest BCUT2D eigenvalue weighted by Crippen LogP contribution is -1.94. The highest BCUT2D eigenvalue weighted by Gasteiger charge is 2.02. The number of hydrogen-bond donors (Lipinski definition) is 1. The fourth-order valence-corrected chi connectivity index (χ4v) is 2.35. The summed E-state index contributed by atoms with van der Waals surface area (Å²) in [7, 11) is 0. The van der Waals surface area contributed by atoms with E-state index in [0.29, 0.717) is 0 Å².